The summed E-state index contributed by atoms with van der Waals surface area (Å²) in [5.41, 5.74) is -2.20. The van der Waals surface area contributed by atoms with E-state index in [1.807, 2.05) is 0 Å². The number of aromatic hydroxyl groups is 2. The number of aliphatic carboxylic acids is 2. The van der Waals surface area contributed by atoms with Crippen LogP contribution in [0, 0.1) is 5.41 Å². The van der Waals surface area contributed by atoms with Crippen LogP contribution in [0.5, 0.6) is 11.5 Å². The minimum Gasteiger partial charge on any atom is -0.508 e. The summed E-state index contributed by atoms with van der Waals surface area (Å²) in [6.07, 6.45) is -0.500. The number of benzene rings is 2. The molecule has 0 aliphatic heterocycles. The summed E-state index contributed by atoms with van der Waals surface area (Å²) < 4.78 is 0. The van der Waals surface area contributed by atoms with Crippen LogP contribution in [0.4, 0.5) is 0 Å². The lowest BCUT2D eigenvalue weighted by molar-refractivity contribution is -0.176. The zero-order chi connectivity index (χ0) is 17.5. The van der Waals surface area contributed by atoms with Gasteiger partial charge in [0.15, 0.2) is 5.41 Å². The van der Waals surface area contributed by atoms with E-state index in [9.17, 15) is 30.0 Å². The number of hydrogen-bond acceptors (Lipinski definition) is 4. The average Bonchev–Trinajstić information content (AvgIpc) is 2.49. The van der Waals surface area contributed by atoms with Gasteiger partial charge in [0.1, 0.15) is 11.5 Å². The quantitative estimate of drug-likeness (QED) is 0.640. The molecule has 6 nitrogen and oxygen atoms in total. The fourth-order valence-corrected chi connectivity index (χ4v) is 3.66. The van der Waals surface area contributed by atoms with E-state index in [-0.39, 0.29) is 24.3 Å². The van der Waals surface area contributed by atoms with Gasteiger partial charge in [0.2, 0.25) is 0 Å². The molecule has 1 saturated carbocycles. The van der Waals surface area contributed by atoms with Gasteiger partial charge in [-0.15, -0.1) is 0 Å². The summed E-state index contributed by atoms with van der Waals surface area (Å²) in [7, 11) is 0. The van der Waals surface area contributed by atoms with E-state index in [0.29, 0.717) is 11.1 Å². The second kappa shape index (κ2) is 5.26. The minimum absolute atomic E-state index is 0.0647. The van der Waals surface area contributed by atoms with Gasteiger partial charge in [0.25, 0.3) is 0 Å². The summed E-state index contributed by atoms with van der Waals surface area (Å²) >= 11 is 0. The second-order valence-corrected chi connectivity index (χ2v) is 6.16. The molecule has 3 rings (SSSR count). The second-order valence-electron chi connectivity index (χ2n) is 6.16. The number of carbonyl (C=O) groups is 2. The van der Waals surface area contributed by atoms with Gasteiger partial charge in [0.05, 0.1) is 0 Å². The van der Waals surface area contributed by atoms with Crippen molar-refractivity contribution < 1.29 is 30.0 Å². The van der Waals surface area contributed by atoms with Crippen molar-refractivity contribution in [1.29, 1.82) is 0 Å². The first kappa shape index (κ1) is 15.9. The molecule has 6 heteroatoms. The van der Waals surface area contributed by atoms with E-state index in [1.165, 1.54) is 12.1 Å². The van der Waals surface area contributed by atoms with Crippen molar-refractivity contribution in [2.24, 2.45) is 5.41 Å². The fourth-order valence-electron chi connectivity index (χ4n) is 3.66. The molecule has 0 heterocycles. The number of carboxylic acid groups (broad SMARTS) is 2. The third-order valence-electron chi connectivity index (χ3n) is 4.87. The van der Waals surface area contributed by atoms with Crippen molar-refractivity contribution in [3.05, 3.63) is 59.7 Å². The number of phenolic OH excluding ortho intramolecular Hbond substituents is 2. The molecular weight excluding hydrogens is 312 g/mol. The Hall–Kier alpha value is -3.02. The first-order valence-electron chi connectivity index (χ1n) is 7.37. The molecule has 4 N–H and O–H groups in total. The first-order chi connectivity index (χ1) is 11.3. The van der Waals surface area contributed by atoms with Crippen LogP contribution in [0.3, 0.4) is 0 Å². The van der Waals surface area contributed by atoms with E-state index in [4.69, 9.17) is 0 Å². The van der Waals surface area contributed by atoms with Gasteiger partial charge in [-0.2, -0.15) is 0 Å². The van der Waals surface area contributed by atoms with Crippen molar-refractivity contribution in [2.45, 2.75) is 18.3 Å². The number of carboxylic acids is 2. The van der Waals surface area contributed by atoms with Crippen molar-refractivity contribution in [3.8, 4) is 11.5 Å². The maximum absolute atomic E-state index is 11.6. The monoisotopic (exact) mass is 328 g/mol. The Labute approximate surface area is 137 Å². The number of para-hydroxylation sites is 2. The van der Waals surface area contributed by atoms with Gasteiger partial charge in [0, 0.05) is 16.5 Å². The smallest absolute Gasteiger partial charge is 0.321 e. The average molecular weight is 328 g/mol. The van der Waals surface area contributed by atoms with Gasteiger partial charge in [-0.25, -0.2) is 0 Å². The van der Waals surface area contributed by atoms with Crippen LogP contribution in [-0.4, -0.2) is 32.4 Å². The molecule has 0 amide bonds. The van der Waals surface area contributed by atoms with Crippen molar-refractivity contribution in [3.63, 3.8) is 0 Å². The lowest BCUT2D eigenvalue weighted by atomic mass is 9.47. The predicted molar refractivity (Wildman–Crippen MR) is 83.9 cm³/mol. The minimum atomic E-state index is -1.94. The lowest BCUT2D eigenvalue weighted by Gasteiger charge is -2.52. The predicted octanol–water partition coefficient (Wildman–Crippen LogP) is 2.33. The molecule has 124 valence electrons. The third-order valence-corrected chi connectivity index (χ3v) is 4.87. The van der Waals surface area contributed by atoms with Gasteiger partial charge in [-0.05, 0) is 25.0 Å². The molecule has 0 radical (unpaired) electrons. The Morgan fingerprint density at radius 2 is 1.12 bits per heavy atom. The summed E-state index contributed by atoms with van der Waals surface area (Å²) in [6.45, 7) is 0. The van der Waals surface area contributed by atoms with Gasteiger partial charge >= 0.3 is 11.9 Å². The highest BCUT2D eigenvalue weighted by atomic mass is 16.4. The van der Waals surface area contributed by atoms with Crippen molar-refractivity contribution >= 4 is 11.9 Å². The zero-order valence-corrected chi connectivity index (χ0v) is 12.6. The summed E-state index contributed by atoms with van der Waals surface area (Å²) in [6, 6.07) is 12.8. The standard InChI is InChI=1S/C18H16O6/c19-13-7-3-1-5-11(13)17(12-6-2-4-8-14(12)20)9-18(10-17,15(21)22)16(23)24/h1-8,19-20H,9-10H2,(H,21,22)(H,23,24). The van der Waals surface area contributed by atoms with Crippen LogP contribution < -0.4 is 0 Å². The Balaban J connectivity index is 2.20. The lowest BCUT2D eigenvalue weighted by Crippen LogP contribution is -2.58. The highest BCUT2D eigenvalue weighted by Crippen LogP contribution is 2.62. The molecule has 0 aromatic heterocycles. The number of hydrogen-bond donors (Lipinski definition) is 4. The Kier molecular flexibility index (Phi) is 3.48. The van der Waals surface area contributed by atoms with E-state index < -0.39 is 22.8 Å². The van der Waals surface area contributed by atoms with Gasteiger partial charge in [-0.1, -0.05) is 36.4 Å². The Morgan fingerprint density at radius 1 is 0.750 bits per heavy atom. The van der Waals surface area contributed by atoms with Crippen molar-refractivity contribution in [2.75, 3.05) is 0 Å². The van der Waals surface area contributed by atoms with Crippen LogP contribution >= 0.6 is 0 Å². The van der Waals surface area contributed by atoms with E-state index in [2.05, 4.69) is 0 Å². The molecule has 0 saturated heterocycles. The SMILES string of the molecule is O=C(O)C1(C(=O)O)CC(c2ccccc2O)(c2ccccc2O)C1. The maximum Gasteiger partial charge on any atom is 0.321 e. The molecule has 0 bridgehead atoms. The summed E-state index contributed by atoms with van der Waals surface area (Å²) in [4.78, 5) is 23.1. The van der Waals surface area contributed by atoms with Gasteiger partial charge < -0.3 is 20.4 Å². The van der Waals surface area contributed by atoms with E-state index in [0.717, 1.165) is 0 Å². The molecule has 0 unspecified atom stereocenters. The van der Waals surface area contributed by atoms with Crippen LogP contribution in [0.25, 0.3) is 0 Å². The fraction of sp³-hybridized carbons (Fsp3) is 0.222. The Morgan fingerprint density at radius 3 is 1.46 bits per heavy atom. The summed E-state index contributed by atoms with van der Waals surface area (Å²) in [5, 5.41) is 39.3. The summed E-state index contributed by atoms with van der Waals surface area (Å²) in [5.74, 6) is -2.97. The van der Waals surface area contributed by atoms with Crippen LogP contribution in [-0.2, 0) is 15.0 Å². The molecule has 1 aliphatic rings. The van der Waals surface area contributed by atoms with Crippen LogP contribution in [0.1, 0.15) is 24.0 Å². The van der Waals surface area contributed by atoms with Gasteiger partial charge in [-0.3, -0.25) is 9.59 Å². The van der Waals surface area contributed by atoms with E-state index >= 15 is 0 Å². The molecule has 24 heavy (non-hydrogen) atoms. The molecule has 2 aromatic carbocycles. The van der Waals surface area contributed by atoms with Crippen molar-refractivity contribution in [1.82, 2.24) is 0 Å². The topological polar surface area (TPSA) is 115 Å². The highest BCUT2D eigenvalue weighted by molar-refractivity contribution is 6.00. The Bertz CT molecular complexity index is 756. The molecule has 0 spiro atoms. The largest absolute Gasteiger partial charge is 0.508 e. The molecule has 1 aliphatic carbocycles. The van der Waals surface area contributed by atoms with Crippen LogP contribution in [0.15, 0.2) is 48.5 Å². The zero-order valence-electron chi connectivity index (χ0n) is 12.6. The van der Waals surface area contributed by atoms with Crippen LogP contribution in [0.2, 0.25) is 0 Å². The number of rotatable bonds is 4. The maximum atomic E-state index is 11.6. The molecular formula is C18H16O6. The van der Waals surface area contributed by atoms with E-state index in [1.54, 1.807) is 36.4 Å². The number of phenols is 2. The molecule has 0 atom stereocenters. The normalized spacial score (nSPS) is 17.7. The first-order valence-corrected chi connectivity index (χ1v) is 7.37. The third kappa shape index (κ3) is 2.03. The highest BCUT2D eigenvalue weighted by Gasteiger charge is 2.66. The molecule has 2 aromatic rings. The molecule has 1 fully saturated rings.